The van der Waals surface area contributed by atoms with Gasteiger partial charge < -0.3 is 9.67 Å². The van der Waals surface area contributed by atoms with Crippen LogP contribution in [0.2, 0.25) is 0 Å². The first kappa shape index (κ1) is 19.3. The van der Waals surface area contributed by atoms with Gasteiger partial charge in [-0.3, -0.25) is 19.1 Å². The number of hydrogen-bond donors (Lipinski definition) is 2. The lowest BCUT2D eigenvalue weighted by Crippen LogP contribution is -2.29. The molecular formula is C16H24N4O4S. The van der Waals surface area contributed by atoms with Crippen LogP contribution < -0.4 is 11.2 Å². The molecule has 0 aliphatic rings. The molecule has 0 radical (unpaired) electrons. The van der Waals surface area contributed by atoms with Crippen LogP contribution in [-0.4, -0.2) is 35.9 Å². The number of rotatable bonds is 10. The molecule has 0 aliphatic carbocycles. The molecule has 25 heavy (non-hydrogen) atoms. The number of fused-ring (bicyclic) bond motifs is 1. The van der Waals surface area contributed by atoms with Gasteiger partial charge in [0.25, 0.3) is 5.56 Å². The number of aliphatic carboxylic acids is 1. The third-order valence-electron chi connectivity index (χ3n) is 4.03. The van der Waals surface area contributed by atoms with Gasteiger partial charge >= 0.3 is 11.7 Å². The van der Waals surface area contributed by atoms with Crippen molar-refractivity contribution < 1.29 is 9.90 Å². The molecule has 138 valence electrons. The number of carboxylic acid groups (broad SMARTS) is 1. The second-order valence-corrected chi connectivity index (χ2v) is 6.93. The van der Waals surface area contributed by atoms with Crippen molar-refractivity contribution in [2.75, 3.05) is 5.75 Å². The minimum atomic E-state index is -0.953. The summed E-state index contributed by atoms with van der Waals surface area (Å²) in [5.74, 6) is -1.10. The summed E-state index contributed by atoms with van der Waals surface area (Å²) in [4.78, 5) is 41.5. The molecule has 0 bridgehead atoms. The molecule has 0 atom stereocenters. The highest BCUT2D eigenvalue weighted by molar-refractivity contribution is 7.99. The molecule has 0 saturated heterocycles. The zero-order valence-corrected chi connectivity index (χ0v) is 15.4. The Kier molecular flexibility index (Phi) is 6.86. The topological polar surface area (TPSA) is 110 Å². The van der Waals surface area contributed by atoms with E-state index in [1.54, 1.807) is 4.57 Å². The summed E-state index contributed by atoms with van der Waals surface area (Å²) < 4.78 is 3.01. The van der Waals surface area contributed by atoms with Gasteiger partial charge in [-0.1, -0.05) is 50.8 Å². The molecule has 9 heteroatoms. The van der Waals surface area contributed by atoms with Gasteiger partial charge in [-0.05, 0) is 6.42 Å². The fourth-order valence-electron chi connectivity index (χ4n) is 2.71. The number of carbonyl (C=O) groups is 1. The average Bonchev–Trinajstić information content (AvgIpc) is 2.93. The SMILES string of the molecule is CCCCCCCCn1c(SCC(=O)O)nc2c1c(=O)[nH]c(=O)n2C. The molecule has 0 unspecified atom stereocenters. The van der Waals surface area contributed by atoms with Gasteiger partial charge in [0.05, 0.1) is 5.75 Å². The predicted molar refractivity (Wildman–Crippen MR) is 97.3 cm³/mol. The van der Waals surface area contributed by atoms with Gasteiger partial charge in [0.2, 0.25) is 0 Å². The lowest BCUT2D eigenvalue weighted by Gasteiger charge is -2.08. The molecule has 0 spiro atoms. The fourth-order valence-corrected chi connectivity index (χ4v) is 3.45. The normalized spacial score (nSPS) is 11.3. The van der Waals surface area contributed by atoms with Crippen molar-refractivity contribution in [3.05, 3.63) is 20.8 Å². The Bertz CT molecular complexity index is 852. The third-order valence-corrected chi connectivity index (χ3v) is 4.99. The second kappa shape index (κ2) is 8.89. The van der Waals surface area contributed by atoms with Gasteiger partial charge in [-0.2, -0.15) is 0 Å². The van der Waals surface area contributed by atoms with Crippen LogP contribution in [0, 0.1) is 0 Å². The van der Waals surface area contributed by atoms with E-state index in [-0.39, 0.29) is 11.4 Å². The first-order valence-electron chi connectivity index (χ1n) is 8.49. The van der Waals surface area contributed by atoms with Crippen LogP contribution in [0.15, 0.2) is 14.7 Å². The van der Waals surface area contributed by atoms with Crippen LogP contribution in [0.1, 0.15) is 45.4 Å². The van der Waals surface area contributed by atoms with Crippen LogP contribution >= 0.6 is 11.8 Å². The largest absolute Gasteiger partial charge is 0.481 e. The van der Waals surface area contributed by atoms with Crippen molar-refractivity contribution >= 4 is 28.9 Å². The number of nitrogens with one attached hydrogen (secondary N) is 1. The summed E-state index contributed by atoms with van der Waals surface area (Å²) in [7, 11) is 1.54. The number of hydrogen-bond acceptors (Lipinski definition) is 5. The molecular weight excluding hydrogens is 344 g/mol. The lowest BCUT2D eigenvalue weighted by molar-refractivity contribution is -0.133. The molecule has 2 aromatic rings. The highest BCUT2D eigenvalue weighted by atomic mass is 32.2. The quantitative estimate of drug-likeness (QED) is 0.490. The third kappa shape index (κ3) is 4.75. The highest BCUT2D eigenvalue weighted by Crippen LogP contribution is 2.22. The van der Waals surface area contributed by atoms with Crippen LogP contribution in [0.5, 0.6) is 0 Å². The Hall–Kier alpha value is -2.03. The van der Waals surface area contributed by atoms with Gasteiger partial charge in [-0.25, -0.2) is 9.78 Å². The maximum atomic E-state index is 12.2. The molecule has 0 aliphatic heterocycles. The zero-order chi connectivity index (χ0) is 18.4. The Balaban J connectivity index is 2.28. The Morgan fingerprint density at radius 2 is 1.88 bits per heavy atom. The number of aryl methyl sites for hydroxylation is 2. The van der Waals surface area contributed by atoms with Gasteiger partial charge in [0.15, 0.2) is 16.3 Å². The Morgan fingerprint density at radius 3 is 2.56 bits per heavy atom. The fraction of sp³-hybridized carbons (Fsp3) is 0.625. The summed E-state index contributed by atoms with van der Waals surface area (Å²) in [5.41, 5.74) is -0.411. The summed E-state index contributed by atoms with van der Waals surface area (Å²) in [6.45, 7) is 2.74. The molecule has 8 nitrogen and oxygen atoms in total. The molecule has 2 N–H and O–H groups in total. The van der Waals surface area contributed by atoms with Crippen molar-refractivity contribution in [3.63, 3.8) is 0 Å². The van der Waals surface area contributed by atoms with Gasteiger partial charge in [-0.15, -0.1) is 0 Å². The number of aromatic amines is 1. The summed E-state index contributed by atoms with van der Waals surface area (Å²) in [5, 5.41) is 9.37. The number of thioether (sulfide) groups is 1. The van der Waals surface area contributed by atoms with Crippen molar-refractivity contribution in [2.24, 2.45) is 7.05 Å². The van der Waals surface area contributed by atoms with E-state index in [2.05, 4.69) is 16.9 Å². The molecule has 0 saturated carbocycles. The van der Waals surface area contributed by atoms with Crippen LogP contribution in [0.3, 0.4) is 0 Å². The Morgan fingerprint density at radius 1 is 1.20 bits per heavy atom. The minimum absolute atomic E-state index is 0.147. The predicted octanol–water partition coefficient (Wildman–Crippen LogP) is 1.96. The van der Waals surface area contributed by atoms with Crippen LogP contribution in [0.4, 0.5) is 0 Å². The van der Waals surface area contributed by atoms with E-state index in [0.717, 1.165) is 31.0 Å². The molecule has 0 amide bonds. The number of aromatic nitrogens is 4. The first-order valence-corrected chi connectivity index (χ1v) is 9.48. The average molecular weight is 368 g/mol. The Labute approximate surface area is 149 Å². The standard InChI is InChI=1S/C16H24N4O4S/c1-3-4-5-6-7-8-9-20-12-13(17-16(20)25-10-11(21)22)19(2)15(24)18-14(12)23/h3-10H2,1-2H3,(H,21,22)(H,18,23,24). The number of carboxylic acids is 1. The number of H-pyrrole nitrogens is 1. The smallest absolute Gasteiger partial charge is 0.329 e. The van der Waals surface area contributed by atoms with E-state index in [4.69, 9.17) is 5.11 Å². The monoisotopic (exact) mass is 368 g/mol. The van der Waals surface area contributed by atoms with E-state index in [1.807, 2.05) is 0 Å². The van der Waals surface area contributed by atoms with Gasteiger partial charge in [0.1, 0.15) is 0 Å². The highest BCUT2D eigenvalue weighted by Gasteiger charge is 2.18. The summed E-state index contributed by atoms with van der Waals surface area (Å²) in [6.07, 6.45) is 6.63. The van der Waals surface area contributed by atoms with E-state index < -0.39 is 17.2 Å². The van der Waals surface area contributed by atoms with Crippen LogP contribution in [-0.2, 0) is 18.4 Å². The minimum Gasteiger partial charge on any atom is -0.481 e. The number of unbranched alkanes of at least 4 members (excludes halogenated alkanes) is 5. The van der Waals surface area contributed by atoms with Crippen molar-refractivity contribution in [1.29, 1.82) is 0 Å². The van der Waals surface area contributed by atoms with E-state index in [0.29, 0.717) is 17.2 Å². The van der Waals surface area contributed by atoms with E-state index in [1.165, 1.54) is 30.9 Å². The molecule has 0 fully saturated rings. The van der Waals surface area contributed by atoms with Crippen LogP contribution in [0.25, 0.3) is 11.2 Å². The van der Waals surface area contributed by atoms with Crippen molar-refractivity contribution in [1.82, 2.24) is 19.1 Å². The van der Waals surface area contributed by atoms with E-state index in [9.17, 15) is 14.4 Å². The van der Waals surface area contributed by atoms with E-state index >= 15 is 0 Å². The first-order chi connectivity index (χ1) is 12.0. The van der Waals surface area contributed by atoms with Gasteiger partial charge in [0, 0.05) is 13.6 Å². The molecule has 2 rings (SSSR count). The lowest BCUT2D eigenvalue weighted by atomic mass is 10.1. The molecule has 2 aromatic heterocycles. The zero-order valence-electron chi connectivity index (χ0n) is 14.6. The summed E-state index contributed by atoms with van der Waals surface area (Å²) in [6, 6.07) is 0. The number of imidazole rings is 1. The van der Waals surface area contributed by atoms with Crippen molar-refractivity contribution in [2.45, 2.75) is 57.1 Å². The second-order valence-electron chi connectivity index (χ2n) is 5.99. The summed E-state index contributed by atoms with van der Waals surface area (Å²) >= 11 is 1.06. The molecule has 2 heterocycles. The maximum Gasteiger partial charge on any atom is 0.329 e. The van der Waals surface area contributed by atoms with Crippen molar-refractivity contribution in [3.8, 4) is 0 Å². The maximum absolute atomic E-state index is 12.2. The molecule has 0 aromatic carbocycles. The number of nitrogens with zero attached hydrogens (tertiary/aromatic N) is 3.